The highest BCUT2D eigenvalue weighted by Gasteiger charge is 2.38. The monoisotopic (exact) mass is 332 g/mol. The molecule has 1 N–H and O–H groups in total. The highest BCUT2D eigenvalue weighted by atomic mass is 16.5. The van der Waals surface area contributed by atoms with Crippen LogP contribution in [-0.4, -0.2) is 18.1 Å². The molecule has 4 nitrogen and oxygen atoms in total. The molecule has 0 saturated carbocycles. The normalized spacial score (nSPS) is 24.2. The number of rotatable bonds is 2. The van der Waals surface area contributed by atoms with Gasteiger partial charge in [-0.25, -0.2) is 0 Å². The molecule has 4 heteroatoms. The van der Waals surface area contributed by atoms with Crippen molar-refractivity contribution in [1.82, 2.24) is 5.32 Å². The van der Waals surface area contributed by atoms with Crippen molar-refractivity contribution >= 4 is 5.91 Å². The van der Waals surface area contributed by atoms with Crippen LogP contribution in [0.25, 0.3) is 0 Å². The van der Waals surface area contributed by atoms with Gasteiger partial charge >= 0.3 is 0 Å². The van der Waals surface area contributed by atoms with Gasteiger partial charge < -0.3 is 10.1 Å². The zero-order valence-electron chi connectivity index (χ0n) is 14.0. The second kappa shape index (κ2) is 6.25. The maximum absolute atomic E-state index is 13.0. The van der Waals surface area contributed by atoms with E-state index in [0.29, 0.717) is 25.9 Å². The van der Waals surface area contributed by atoms with Crippen molar-refractivity contribution in [2.45, 2.75) is 37.1 Å². The van der Waals surface area contributed by atoms with E-state index >= 15 is 0 Å². The molecule has 4 rings (SSSR count). The van der Waals surface area contributed by atoms with Gasteiger partial charge in [-0.15, -0.1) is 0 Å². The van der Waals surface area contributed by atoms with Crippen molar-refractivity contribution in [3.63, 3.8) is 0 Å². The van der Waals surface area contributed by atoms with Crippen LogP contribution in [0.4, 0.5) is 0 Å². The van der Waals surface area contributed by atoms with E-state index in [1.54, 1.807) is 0 Å². The fraction of sp³-hybridized carbons (Fsp3) is 0.333. The first kappa shape index (κ1) is 15.7. The van der Waals surface area contributed by atoms with E-state index in [2.05, 4.69) is 23.5 Å². The van der Waals surface area contributed by atoms with E-state index in [1.165, 1.54) is 5.56 Å². The molecule has 0 fully saturated rings. The minimum absolute atomic E-state index is 0.0725. The molecule has 1 heterocycles. The molecular weight excluding hydrogens is 312 g/mol. The first-order valence-electron chi connectivity index (χ1n) is 8.73. The summed E-state index contributed by atoms with van der Waals surface area (Å²) >= 11 is 0. The lowest BCUT2D eigenvalue weighted by molar-refractivity contribution is -0.124. The van der Waals surface area contributed by atoms with Gasteiger partial charge in [0.2, 0.25) is 5.91 Å². The Bertz CT molecular complexity index is 855. The number of nitrogens with zero attached hydrogens (tertiary/aromatic N) is 1. The molecule has 126 valence electrons. The molecule has 2 aromatic carbocycles. The molecule has 1 amide bonds. The van der Waals surface area contributed by atoms with E-state index in [0.717, 1.165) is 23.3 Å². The third-order valence-corrected chi connectivity index (χ3v) is 5.28. The number of ether oxygens (including phenoxy) is 1. The van der Waals surface area contributed by atoms with Gasteiger partial charge in [0.25, 0.3) is 0 Å². The van der Waals surface area contributed by atoms with Gasteiger partial charge in [-0.3, -0.25) is 4.79 Å². The number of carbonyl (C=O) groups is 1. The molecule has 0 bridgehead atoms. The average molecular weight is 332 g/mol. The van der Waals surface area contributed by atoms with Crippen molar-refractivity contribution in [1.29, 1.82) is 5.26 Å². The molecule has 0 spiro atoms. The summed E-state index contributed by atoms with van der Waals surface area (Å²) in [6.45, 7) is 0.525. The van der Waals surface area contributed by atoms with E-state index in [1.807, 2.05) is 36.4 Å². The number of nitriles is 1. The standard InChI is InChI=1S/C21H20N2O2/c22-14-21(11-9-15-5-1-2-6-16(15)13-21)23-20(24)18-10-12-25-19-8-4-3-7-17(18)19/h1-8,18H,9-13H2,(H,23,24). The summed E-state index contributed by atoms with van der Waals surface area (Å²) in [6, 6.07) is 18.2. The Balaban J connectivity index is 1.58. The molecule has 1 aliphatic heterocycles. The molecule has 0 saturated heterocycles. The summed E-state index contributed by atoms with van der Waals surface area (Å²) in [5, 5.41) is 12.9. The van der Waals surface area contributed by atoms with Crippen LogP contribution < -0.4 is 10.1 Å². The van der Waals surface area contributed by atoms with Crippen LogP contribution in [0.3, 0.4) is 0 Å². The molecule has 25 heavy (non-hydrogen) atoms. The van der Waals surface area contributed by atoms with Crippen LogP contribution in [0.1, 0.15) is 35.4 Å². The number of carbonyl (C=O) groups excluding carboxylic acids is 1. The number of para-hydroxylation sites is 1. The Morgan fingerprint density at radius 1 is 1.16 bits per heavy atom. The van der Waals surface area contributed by atoms with Crippen molar-refractivity contribution in [3.05, 3.63) is 65.2 Å². The third-order valence-electron chi connectivity index (χ3n) is 5.28. The summed E-state index contributed by atoms with van der Waals surface area (Å²) in [5.41, 5.74) is 2.52. The summed E-state index contributed by atoms with van der Waals surface area (Å²) in [7, 11) is 0. The summed E-state index contributed by atoms with van der Waals surface area (Å²) in [6.07, 6.45) is 2.67. The van der Waals surface area contributed by atoms with Gasteiger partial charge in [-0.2, -0.15) is 5.26 Å². The topological polar surface area (TPSA) is 62.1 Å². The van der Waals surface area contributed by atoms with Gasteiger partial charge in [0, 0.05) is 12.0 Å². The van der Waals surface area contributed by atoms with Gasteiger partial charge in [0.1, 0.15) is 11.3 Å². The first-order chi connectivity index (χ1) is 12.2. The third kappa shape index (κ3) is 2.87. The largest absolute Gasteiger partial charge is 0.493 e. The number of hydrogen-bond acceptors (Lipinski definition) is 3. The Morgan fingerprint density at radius 3 is 2.76 bits per heavy atom. The molecular formula is C21H20N2O2. The van der Waals surface area contributed by atoms with E-state index in [-0.39, 0.29) is 11.8 Å². The summed E-state index contributed by atoms with van der Waals surface area (Å²) in [5.74, 6) is 0.443. The summed E-state index contributed by atoms with van der Waals surface area (Å²) < 4.78 is 5.65. The SMILES string of the molecule is N#CC1(NC(=O)C2CCOc3ccccc32)CCc2ccccc2C1. The van der Waals surface area contributed by atoms with Crippen molar-refractivity contribution in [2.24, 2.45) is 0 Å². The minimum atomic E-state index is -0.821. The fourth-order valence-corrected chi connectivity index (χ4v) is 3.90. The second-order valence-corrected chi connectivity index (χ2v) is 6.86. The average Bonchev–Trinajstić information content (AvgIpc) is 2.67. The van der Waals surface area contributed by atoms with Gasteiger partial charge in [-0.05, 0) is 36.5 Å². The number of benzene rings is 2. The van der Waals surface area contributed by atoms with E-state index < -0.39 is 5.54 Å². The zero-order valence-corrected chi connectivity index (χ0v) is 14.0. The molecule has 2 atom stereocenters. The predicted molar refractivity (Wildman–Crippen MR) is 94.2 cm³/mol. The second-order valence-electron chi connectivity index (χ2n) is 6.86. The van der Waals surface area contributed by atoms with Gasteiger partial charge in [0.15, 0.2) is 0 Å². The maximum atomic E-state index is 13.0. The highest BCUT2D eigenvalue weighted by molar-refractivity contribution is 5.85. The summed E-state index contributed by atoms with van der Waals surface area (Å²) in [4.78, 5) is 13.0. The van der Waals surface area contributed by atoms with Crippen LogP contribution in [0.15, 0.2) is 48.5 Å². The molecule has 0 aromatic heterocycles. The lowest BCUT2D eigenvalue weighted by Crippen LogP contribution is -2.52. The molecule has 2 aliphatic rings. The predicted octanol–water partition coefficient (Wildman–Crippen LogP) is 3.12. The number of nitrogens with one attached hydrogen (secondary N) is 1. The van der Waals surface area contributed by atoms with Crippen LogP contribution in [-0.2, 0) is 17.6 Å². The molecule has 2 aromatic rings. The van der Waals surface area contributed by atoms with E-state index in [4.69, 9.17) is 4.74 Å². The number of amides is 1. The minimum Gasteiger partial charge on any atom is -0.493 e. The number of fused-ring (bicyclic) bond motifs is 2. The quantitative estimate of drug-likeness (QED) is 0.919. The molecule has 1 aliphatic carbocycles. The van der Waals surface area contributed by atoms with E-state index in [9.17, 15) is 10.1 Å². The van der Waals surface area contributed by atoms with Crippen LogP contribution >= 0.6 is 0 Å². The Morgan fingerprint density at radius 2 is 1.92 bits per heavy atom. The van der Waals surface area contributed by atoms with Crippen molar-refractivity contribution < 1.29 is 9.53 Å². The Kier molecular flexibility index (Phi) is 3.93. The Hall–Kier alpha value is -2.80. The molecule has 2 unspecified atom stereocenters. The highest BCUT2D eigenvalue weighted by Crippen LogP contribution is 2.35. The lowest BCUT2D eigenvalue weighted by Gasteiger charge is -2.35. The molecule has 0 radical (unpaired) electrons. The zero-order chi connectivity index (χ0) is 17.3. The Labute approximate surface area is 147 Å². The smallest absolute Gasteiger partial charge is 0.229 e. The maximum Gasteiger partial charge on any atom is 0.229 e. The lowest BCUT2D eigenvalue weighted by atomic mass is 9.78. The van der Waals surface area contributed by atoms with Crippen LogP contribution in [0.5, 0.6) is 5.75 Å². The van der Waals surface area contributed by atoms with Gasteiger partial charge in [-0.1, -0.05) is 42.5 Å². The van der Waals surface area contributed by atoms with Crippen LogP contribution in [0.2, 0.25) is 0 Å². The van der Waals surface area contributed by atoms with Crippen molar-refractivity contribution in [3.8, 4) is 11.8 Å². The fourth-order valence-electron chi connectivity index (χ4n) is 3.90. The van der Waals surface area contributed by atoms with Crippen molar-refractivity contribution in [2.75, 3.05) is 6.61 Å². The van der Waals surface area contributed by atoms with Crippen LogP contribution in [0, 0.1) is 11.3 Å². The first-order valence-corrected chi connectivity index (χ1v) is 8.73. The number of aryl methyl sites for hydroxylation is 1. The van der Waals surface area contributed by atoms with Gasteiger partial charge in [0.05, 0.1) is 18.6 Å². The number of hydrogen-bond donors (Lipinski definition) is 1.